The summed E-state index contributed by atoms with van der Waals surface area (Å²) in [5.41, 5.74) is 4.95. The fourth-order valence-corrected chi connectivity index (χ4v) is 2.28. The van der Waals surface area contributed by atoms with Gasteiger partial charge in [0.15, 0.2) is 5.58 Å². The van der Waals surface area contributed by atoms with Gasteiger partial charge in [-0.2, -0.15) is 0 Å². The lowest BCUT2D eigenvalue weighted by Crippen LogP contribution is -1.82. The van der Waals surface area contributed by atoms with Crippen LogP contribution in [0.1, 0.15) is 11.1 Å². The average molecular weight is 258 g/mol. The van der Waals surface area contributed by atoms with Crippen molar-refractivity contribution < 1.29 is 4.42 Å². The van der Waals surface area contributed by atoms with Crippen molar-refractivity contribution in [3.05, 3.63) is 52.5 Å². The van der Waals surface area contributed by atoms with Crippen LogP contribution in [0.3, 0.4) is 0 Å². The maximum atomic E-state index is 5.94. The van der Waals surface area contributed by atoms with E-state index in [1.54, 1.807) is 6.07 Å². The second-order valence-electron chi connectivity index (χ2n) is 4.51. The molecule has 1 aromatic heterocycles. The van der Waals surface area contributed by atoms with Crippen LogP contribution in [0, 0.1) is 13.8 Å². The summed E-state index contributed by atoms with van der Waals surface area (Å²) >= 11 is 5.94. The quantitative estimate of drug-likeness (QED) is 0.628. The number of benzene rings is 2. The number of fused-ring (bicyclic) bond motifs is 1. The van der Waals surface area contributed by atoms with E-state index in [1.165, 1.54) is 11.1 Å². The van der Waals surface area contributed by atoms with Gasteiger partial charge in [-0.15, -0.1) is 0 Å². The minimum Gasteiger partial charge on any atom is -0.436 e. The predicted octanol–water partition coefficient (Wildman–Crippen LogP) is 4.77. The van der Waals surface area contributed by atoms with Gasteiger partial charge < -0.3 is 4.42 Å². The van der Waals surface area contributed by atoms with Crippen LogP contribution in [0.5, 0.6) is 0 Å². The number of oxazole rings is 1. The fraction of sp³-hybridized carbons (Fsp3) is 0.133. The van der Waals surface area contributed by atoms with Crippen molar-refractivity contribution >= 4 is 22.7 Å². The van der Waals surface area contributed by atoms with Crippen LogP contribution >= 0.6 is 11.6 Å². The number of nitrogens with zero attached hydrogens (tertiary/aromatic N) is 1. The van der Waals surface area contributed by atoms with E-state index < -0.39 is 0 Å². The first kappa shape index (κ1) is 11.3. The Morgan fingerprint density at radius 3 is 2.44 bits per heavy atom. The second-order valence-corrected chi connectivity index (χ2v) is 4.94. The molecule has 18 heavy (non-hydrogen) atoms. The van der Waals surface area contributed by atoms with E-state index in [0.717, 1.165) is 16.7 Å². The zero-order valence-electron chi connectivity index (χ0n) is 10.2. The average Bonchev–Trinajstić information content (AvgIpc) is 2.70. The number of halogens is 1. The van der Waals surface area contributed by atoms with Crippen molar-refractivity contribution in [3.8, 4) is 11.5 Å². The smallest absolute Gasteiger partial charge is 0.227 e. The molecule has 0 bridgehead atoms. The lowest BCUT2D eigenvalue weighted by molar-refractivity contribution is 0.619. The van der Waals surface area contributed by atoms with E-state index in [1.807, 2.05) is 12.1 Å². The van der Waals surface area contributed by atoms with E-state index in [4.69, 9.17) is 16.0 Å². The normalized spacial score (nSPS) is 11.1. The lowest BCUT2D eigenvalue weighted by Gasteiger charge is -2.00. The van der Waals surface area contributed by atoms with Crippen LogP contribution in [0.25, 0.3) is 22.6 Å². The zero-order valence-corrected chi connectivity index (χ0v) is 11.0. The number of hydrogen-bond acceptors (Lipinski definition) is 2. The molecule has 3 rings (SSSR count). The SMILES string of the molecule is Cc1cc(C)cc(-c2nc3ccc(Cl)cc3o2)c1. The summed E-state index contributed by atoms with van der Waals surface area (Å²) in [6, 6.07) is 11.7. The highest BCUT2D eigenvalue weighted by Gasteiger charge is 2.09. The molecule has 0 saturated heterocycles. The summed E-state index contributed by atoms with van der Waals surface area (Å²) in [4.78, 5) is 4.48. The lowest BCUT2D eigenvalue weighted by atomic mass is 10.1. The highest BCUT2D eigenvalue weighted by atomic mass is 35.5. The van der Waals surface area contributed by atoms with Gasteiger partial charge in [0.05, 0.1) is 0 Å². The largest absolute Gasteiger partial charge is 0.436 e. The molecule has 0 saturated carbocycles. The van der Waals surface area contributed by atoms with Crippen molar-refractivity contribution in [2.24, 2.45) is 0 Å². The minimum absolute atomic E-state index is 0.638. The van der Waals surface area contributed by atoms with Crippen molar-refractivity contribution in [2.75, 3.05) is 0 Å². The molecular weight excluding hydrogens is 246 g/mol. The third-order valence-electron chi connectivity index (χ3n) is 2.82. The Labute approximate surface area is 110 Å². The van der Waals surface area contributed by atoms with Gasteiger partial charge in [-0.25, -0.2) is 4.98 Å². The summed E-state index contributed by atoms with van der Waals surface area (Å²) in [7, 11) is 0. The van der Waals surface area contributed by atoms with Crippen LogP contribution in [0.15, 0.2) is 40.8 Å². The number of rotatable bonds is 1. The van der Waals surface area contributed by atoms with Gasteiger partial charge in [0.25, 0.3) is 0 Å². The van der Waals surface area contributed by atoms with Gasteiger partial charge >= 0.3 is 0 Å². The van der Waals surface area contributed by atoms with Gasteiger partial charge in [0.1, 0.15) is 5.52 Å². The number of aryl methyl sites for hydroxylation is 2. The second kappa shape index (κ2) is 4.14. The number of hydrogen-bond donors (Lipinski definition) is 0. The summed E-state index contributed by atoms with van der Waals surface area (Å²) < 4.78 is 5.75. The van der Waals surface area contributed by atoms with Crippen LogP contribution in [-0.4, -0.2) is 4.98 Å². The van der Waals surface area contributed by atoms with Crippen LogP contribution in [0.4, 0.5) is 0 Å². The van der Waals surface area contributed by atoms with E-state index in [2.05, 4.69) is 37.0 Å². The van der Waals surface area contributed by atoms with E-state index in [9.17, 15) is 0 Å². The van der Waals surface area contributed by atoms with Gasteiger partial charge in [-0.05, 0) is 38.1 Å². The van der Waals surface area contributed by atoms with Crippen molar-refractivity contribution in [2.45, 2.75) is 13.8 Å². The van der Waals surface area contributed by atoms with Crippen molar-refractivity contribution in [3.63, 3.8) is 0 Å². The molecule has 3 heteroatoms. The zero-order chi connectivity index (χ0) is 12.7. The molecule has 0 aliphatic rings. The molecule has 0 spiro atoms. The molecule has 0 radical (unpaired) electrons. The van der Waals surface area contributed by atoms with E-state index in [0.29, 0.717) is 10.9 Å². The Bertz CT molecular complexity index is 710. The van der Waals surface area contributed by atoms with Gasteiger partial charge in [0, 0.05) is 16.7 Å². The molecule has 0 aliphatic heterocycles. The van der Waals surface area contributed by atoms with Gasteiger partial charge in [-0.3, -0.25) is 0 Å². The molecule has 0 atom stereocenters. The molecule has 2 aromatic carbocycles. The van der Waals surface area contributed by atoms with Gasteiger partial charge in [0.2, 0.25) is 5.89 Å². The van der Waals surface area contributed by atoms with Crippen LogP contribution in [0.2, 0.25) is 5.02 Å². The Kier molecular flexibility index (Phi) is 2.60. The van der Waals surface area contributed by atoms with Crippen LogP contribution < -0.4 is 0 Å². The Balaban J connectivity index is 2.19. The number of aromatic nitrogens is 1. The third kappa shape index (κ3) is 2.00. The monoisotopic (exact) mass is 257 g/mol. The molecule has 0 N–H and O–H groups in total. The Hall–Kier alpha value is -1.80. The molecular formula is C15H12ClNO. The highest BCUT2D eigenvalue weighted by Crippen LogP contribution is 2.27. The first-order valence-corrected chi connectivity index (χ1v) is 6.14. The Morgan fingerprint density at radius 1 is 1.00 bits per heavy atom. The fourth-order valence-electron chi connectivity index (χ4n) is 2.12. The summed E-state index contributed by atoms with van der Waals surface area (Å²) in [6.45, 7) is 4.13. The molecule has 0 unspecified atom stereocenters. The summed E-state index contributed by atoms with van der Waals surface area (Å²) in [5.74, 6) is 0.638. The van der Waals surface area contributed by atoms with Crippen molar-refractivity contribution in [1.82, 2.24) is 4.98 Å². The molecule has 90 valence electrons. The molecule has 1 heterocycles. The highest BCUT2D eigenvalue weighted by molar-refractivity contribution is 6.31. The topological polar surface area (TPSA) is 26.0 Å². The molecule has 0 aliphatic carbocycles. The van der Waals surface area contributed by atoms with Crippen molar-refractivity contribution in [1.29, 1.82) is 0 Å². The standard InChI is InChI=1S/C15H12ClNO/c1-9-5-10(2)7-11(6-9)15-17-13-4-3-12(16)8-14(13)18-15/h3-8H,1-2H3. The maximum absolute atomic E-state index is 5.94. The summed E-state index contributed by atoms with van der Waals surface area (Å²) in [6.07, 6.45) is 0. The van der Waals surface area contributed by atoms with Gasteiger partial charge in [-0.1, -0.05) is 28.8 Å². The minimum atomic E-state index is 0.638. The van der Waals surface area contributed by atoms with Crippen LogP contribution in [-0.2, 0) is 0 Å². The molecule has 3 aromatic rings. The maximum Gasteiger partial charge on any atom is 0.227 e. The van der Waals surface area contributed by atoms with E-state index >= 15 is 0 Å². The Morgan fingerprint density at radius 2 is 1.72 bits per heavy atom. The molecule has 0 amide bonds. The predicted molar refractivity (Wildman–Crippen MR) is 73.9 cm³/mol. The molecule has 0 fully saturated rings. The first-order chi connectivity index (χ1) is 8.61. The first-order valence-electron chi connectivity index (χ1n) is 5.76. The summed E-state index contributed by atoms with van der Waals surface area (Å²) in [5, 5.41) is 0.658. The molecule has 2 nitrogen and oxygen atoms in total. The third-order valence-corrected chi connectivity index (χ3v) is 3.05. The van der Waals surface area contributed by atoms with E-state index in [-0.39, 0.29) is 0 Å².